The Hall–Kier alpha value is -0.350. The van der Waals surface area contributed by atoms with E-state index in [0.717, 1.165) is 10.8 Å². The van der Waals surface area contributed by atoms with Crippen LogP contribution in [0.25, 0.3) is 0 Å². The van der Waals surface area contributed by atoms with Crippen molar-refractivity contribution in [2.45, 2.75) is 64.6 Å². The van der Waals surface area contributed by atoms with E-state index in [9.17, 15) is 18.4 Å². The van der Waals surface area contributed by atoms with Gasteiger partial charge in [-0.05, 0) is 46.3 Å². The van der Waals surface area contributed by atoms with Crippen molar-refractivity contribution in [3.8, 4) is 0 Å². The Morgan fingerprint density at radius 1 is 1.25 bits per heavy atom. The molecule has 1 rings (SSSR count). The Morgan fingerprint density at radius 2 is 1.75 bits per heavy atom. The zero-order valence-electron chi connectivity index (χ0n) is 15.1. The van der Waals surface area contributed by atoms with Crippen LogP contribution >= 0.6 is 11.8 Å². The molecule has 7 nitrogen and oxygen atoms in total. The van der Waals surface area contributed by atoms with Crippen LogP contribution in [0.4, 0.5) is 0 Å². The number of hydrogen-bond acceptors (Lipinski definition) is 5. The molecule has 0 saturated carbocycles. The van der Waals surface area contributed by atoms with E-state index in [1.165, 1.54) is 4.90 Å². The number of hydrogen-bond donors (Lipinski definition) is 1. The molecule has 0 aliphatic carbocycles. The lowest BCUT2D eigenvalue weighted by Gasteiger charge is -2.52. The van der Waals surface area contributed by atoms with Gasteiger partial charge in [-0.25, -0.2) is 0 Å². The average molecular weight is 382 g/mol. The number of carbonyl (C=O) groups excluding carboxylic acids is 1. The van der Waals surface area contributed by atoms with Gasteiger partial charge in [-0.3, -0.25) is 9.35 Å². The molecule has 9 heteroatoms. The van der Waals surface area contributed by atoms with Crippen LogP contribution in [0.1, 0.15) is 47.5 Å². The number of hydroxylamine groups is 2. The van der Waals surface area contributed by atoms with Gasteiger partial charge in [-0.1, -0.05) is 6.92 Å². The number of amides is 1. The summed E-state index contributed by atoms with van der Waals surface area (Å²) in [6.07, 6.45) is 0.932. The summed E-state index contributed by atoms with van der Waals surface area (Å²) < 4.78 is 31.2. The van der Waals surface area contributed by atoms with Gasteiger partial charge in [-0.2, -0.15) is 20.2 Å². The Bertz CT molecular complexity index is 530. The van der Waals surface area contributed by atoms with Crippen molar-refractivity contribution in [3.63, 3.8) is 0 Å². The second-order valence-corrected chi connectivity index (χ2v) is 10.3. The molecule has 1 aliphatic heterocycles. The van der Waals surface area contributed by atoms with E-state index < -0.39 is 32.9 Å². The van der Waals surface area contributed by atoms with Crippen molar-refractivity contribution in [1.29, 1.82) is 0 Å². The Labute approximate surface area is 149 Å². The third-order valence-corrected chi connectivity index (χ3v) is 5.81. The van der Waals surface area contributed by atoms with Crippen LogP contribution in [-0.2, 0) is 20.1 Å². The first-order chi connectivity index (χ1) is 10.8. The van der Waals surface area contributed by atoms with Gasteiger partial charge >= 0.3 is 0 Å². The van der Waals surface area contributed by atoms with Crippen molar-refractivity contribution in [2.24, 2.45) is 0 Å². The topological polar surface area (TPSA) is 97.8 Å². The van der Waals surface area contributed by atoms with Crippen molar-refractivity contribution in [3.05, 3.63) is 0 Å². The molecule has 0 spiro atoms. The highest BCUT2D eigenvalue weighted by Crippen LogP contribution is 2.39. The van der Waals surface area contributed by atoms with Crippen LogP contribution in [-0.4, -0.2) is 69.8 Å². The van der Waals surface area contributed by atoms with Gasteiger partial charge in [0, 0.05) is 29.4 Å². The third kappa shape index (κ3) is 5.87. The highest BCUT2D eigenvalue weighted by Gasteiger charge is 2.48. The smallest absolute Gasteiger partial charge is 0.274 e. The van der Waals surface area contributed by atoms with E-state index in [-0.39, 0.29) is 6.04 Å². The first-order valence-electron chi connectivity index (χ1n) is 8.10. The zero-order valence-corrected chi connectivity index (χ0v) is 16.7. The van der Waals surface area contributed by atoms with Gasteiger partial charge in [0.25, 0.3) is 10.1 Å². The summed E-state index contributed by atoms with van der Waals surface area (Å²) >= 11 is 1.66. The number of carbonyl (C=O) groups is 1. The van der Waals surface area contributed by atoms with Crippen LogP contribution in [0.15, 0.2) is 0 Å². The van der Waals surface area contributed by atoms with E-state index in [4.69, 9.17) is 4.55 Å². The number of nitrogens with zero attached hydrogens (tertiary/aromatic N) is 2. The highest BCUT2D eigenvalue weighted by molar-refractivity contribution is 7.99. The van der Waals surface area contributed by atoms with Gasteiger partial charge in [0.2, 0.25) is 5.91 Å². The molecule has 1 saturated heterocycles. The van der Waals surface area contributed by atoms with Crippen LogP contribution < -0.4 is 0 Å². The molecule has 1 radical (unpaired) electrons. The molecule has 0 aromatic heterocycles. The van der Waals surface area contributed by atoms with Gasteiger partial charge in [-0.15, -0.1) is 10.3 Å². The van der Waals surface area contributed by atoms with Crippen LogP contribution in [0, 0.1) is 0 Å². The van der Waals surface area contributed by atoms with Crippen molar-refractivity contribution in [2.75, 3.05) is 23.8 Å². The summed E-state index contributed by atoms with van der Waals surface area (Å²) in [5.41, 5.74) is -1.30. The SMILES string of the molecule is CCSCCN(C(=O)CS(=O)(=O)O)C1CC(C)(C)N([O])C(C)(C)C1. The van der Waals surface area contributed by atoms with E-state index in [1.807, 2.05) is 34.6 Å². The monoisotopic (exact) mass is 381 g/mol. The third-order valence-electron chi connectivity index (χ3n) is 4.32. The molecule has 1 heterocycles. The Kier molecular flexibility index (Phi) is 7.14. The molecule has 0 atom stereocenters. The molecular weight excluding hydrogens is 352 g/mol. The minimum atomic E-state index is -4.38. The summed E-state index contributed by atoms with van der Waals surface area (Å²) in [6, 6.07) is -0.230. The van der Waals surface area contributed by atoms with Crippen LogP contribution in [0.5, 0.6) is 0 Å². The quantitative estimate of drug-likeness (QED) is 0.534. The minimum absolute atomic E-state index is 0.230. The fourth-order valence-corrected chi connectivity index (χ4v) is 4.58. The average Bonchev–Trinajstić information content (AvgIpc) is 2.38. The Balaban J connectivity index is 3.02. The molecule has 1 fully saturated rings. The van der Waals surface area contributed by atoms with Gasteiger partial charge in [0.05, 0.1) is 0 Å². The first-order valence-corrected chi connectivity index (χ1v) is 10.9. The van der Waals surface area contributed by atoms with E-state index in [1.54, 1.807) is 11.8 Å². The zero-order chi connectivity index (χ0) is 18.8. The van der Waals surface area contributed by atoms with Crippen LogP contribution in [0.2, 0.25) is 0 Å². The highest BCUT2D eigenvalue weighted by atomic mass is 32.2. The Morgan fingerprint density at radius 3 is 2.17 bits per heavy atom. The van der Waals surface area contributed by atoms with E-state index >= 15 is 0 Å². The maximum absolute atomic E-state index is 12.5. The molecule has 141 valence electrons. The molecule has 1 amide bonds. The molecular formula is C15H29N2O5S2. The fourth-order valence-electron chi connectivity index (χ4n) is 3.49. The second-order valence-electron chi connectivity index (χ2n) is 7.49. The maximum atomic E-state index is 12.5. The van der Waals surface area contributed by atoms with Crippen molar-refractivity contribution >= 4 is 27.8 Å². The summed E-state index contributed by atoms with van der Waals surface area (Å²) in [4.78, 5) is 14.0. The lowest BCUT2D eigenvalue weighted by Crippen LogP contribution is -2.63. The number of piperidine rings is 1. The number of thioether (sulfide) groups is 1. The van der Waals surface area contributed by atoms with Crippen molar-refractivity contribution in [1.82, 2.24) is 9.96 Å². The van der Waals surface area contributed by atoms with E-state index in [2.05, 4.69) is 0 Å². The predicted octanol–water partition coefficient (Wildman–Crippen LogP) is 1.82. The first kappa shape index (κ1) is 21.7. The minimum Gasteiger partial charge on any atom is -0.338 e. The predicted molar refractivity (Wildman–Crippen MR) is 94.8 cm³/mol. The van der Waals surface area contributed by atoms with Gasteiger partial charge < -0.3 is 4.90 Å². The maximum Gasteiger partial charge on any atom is 0.274 e. The standard InChI is InChI=1S/C15H29N2O5S2/c1-6-23-8-7-16(13(18)11-24(20,21)22)12-9-14(2,3)17(19)15(4,5)10-12/h12H,6-11H2,1-5H3,(H,20,21,22). The summed E-state index contributed by atoms with van der Waals surface area (Å²) in [6.45, 7) is 9.75. The molecule has 24 heavy (non-hydrogen) atoms. The molecule has 0 unspecified atom stereocenters. The summed E-state index contributed by atoms with van der Waals surface area (Å²) in [5, 5.41) is 13.5. The van der Waals surface area contributed by atoms with E-state index in [0.29, 0.717) is 25.1 Å². The molecule has 0 aromatic carbocycles. The largest absolute Gasteiger partial charge is 0.338 e. The lowest BCUT2D eigenvalue weighted by atomic mass is 9.78. The fraction of sp³-hybridized carbons (Fsp3) is 0.933. The molecule has 0 aromatic rings. The molecule has 0 bridgehead atoms. The van der Waals surface area contributed by atoms with Gasteiger partial charge in [0.15, 0.2) is 5.75 Å². The molecule has 1 aliphatic rings. The lowest BCUT2D eigenvalue weighted by molar-refractivity contribution is -0.293. The van der Waals surface area contributed by atoms with Crippen molar-refractivity contribution < 1.29 is 23.0 Å². The summed E-state index contributed by atoms with van der Waals surface area (Å²) in [5.74, 6) is 0.0650. The normalized spacial score (nSPS) is 21.6. The summed E-state index contributed by atoms with van der Waals surface area (Å²) in [7, 11) is -4.38. The molecule has 1 N–H and O–H groups in total. The van der Waals surface area contributed by atoms with Crippen LogP contribution in [0.3, 0.4) is 0 Å². The van der Waals surface area contributed by atoms with Gasteiger partial charge in [0.1, 0.15) is 0 Å². The number of rotatable bonds is 7. The second kappa shape index (κ2) is 7.90.